The van der Waals surface area contributed by atoms with Crippen LogP contribution in [0, 0.1) is 0 Å². The number of thiazole rings is 1. The Morgan fingerprint density at radius 2 is 1.91 bits per heavy atom. The highest BCUT2D eigenvalue weighted by Gasteiger charge is 2.27. The molecule has 1 N–H and O–H groups in total. The van der Waals surface area contributed by atoms with Crippen molar-refractivity contribution >= 4 is 45.1 Å². The molecule has 0 unspecified atom stereocenters. The molecule has 1 amide bonds. The highest BCUT2D eigenvalue weighted by atomic mass is 32.2. The van der Waals surface area contributed by atoms with Crippen LogP contribution in [0.3, 0.4) is 0 Å². The average Bonchev–Trinajstić information content (AvgIpc) is 3.20. The number of fused-ring (bicyclic) bond motifs is 1. The number of likely N-dealkylation sites (tertiary alicyclic amines) is 1. The molecule has 1 aliphatic rings. The van der Waals surface area contributed by atoms with Crippen LogP contribution >= 0.6 is 23.1 Å². The van der Waals surface area contributed by atoms with Gasteiger partial charge in [0.2, 0.25) is 0 Å². The van der Waals surface area contributed by atoms with E-state index >= 15 is 0 Å². The van der Waals surface area contributed by atoms with Crippen molar-refractivity contribution < 1.29 is 14.3 Å². The smallest absolute Gasteiger partial charge is 0.410 e. The number of rotatable bonds is 6. The molecule has 1 saturated heterocycles. The Labute approximate surface area is 203 Å². The fourth-order valence-electron chi connectivity index (χ4n) is 3.68. The van der Waals surface area contributed by atoms with E-state index in [2.05, 4.69) is 34.8 Å². The third-order valence-corrected chi connectivity index (χ3v) is 7.36. The summed E-state index contributed by atoms with van der Waals surface area (Å²) in [4.78, 5) is 18.6. The molecule has 0 spiro atoms. The molecule has 0 aliphatic carbocycles. The summed E-state index contributed by atoms with van der Waals surface area (Å²) in [6.07, 6.45) is 3.53. The van der Waals surface area contributed by atoms with Crippen LogP contribution in [0.15, 0.2) is 46.8 Å². The fourth-order valence-corrected chi connectivity index (χ4v) is 5.23. The Hall–Kier alpha value is -2.45. The van der Waals surface area contributed by atoms with Crippen molar-refractivity contribution in [3.63, 3.8) is 0 Å². The molecule has 6 nitrogen and oxygen atoms in total. The van der Waals surface area contributed by atoms with Crippen molar-refractivity contribution in [3.05, 3.63) is 48.0 Å². The molecule has 0 radical (unpaired) electrons. The molecule has 2 aromatic carbocycles. The van der Waals surface area contributed by atoms with Crippen LogP contribution in [0.25, 0.3) is 10.2 Å². The number of benzene rings is 2. The first kappa shape index (κ1) is 23.7. The topological polar surface area (TPSA) is 63.7 Å². The van der Waals surface area contributed by atoms with E-state index in [4.69, 9.17) is 9.47 Å². The highest BCUT2D eigenvalue weighted by Crippen LogP contribution is 2.29. The number of amides is 1. The van der Waals surface area contributed by atoms with Crippen molar-refractivity contribution in [1.82, 2.24) is 9.88 Å². The minimum atomic E-state index is -0.466. The van der Waals surface area contributed by atoms with Crippen LogP contribution in [0.1, 0.15) is 39.2 Å². The number of nitrogens with one attached hydrogen (secondary N) is 1. The van der Waals surface area contributed by atoms with Gasteiger partial charge in [0.15, 0.2) is 4.34 Å². The van der Waals surface area contributed by atoms with Gasteiger partial charge in [-0.3, -0.25) is 0 Å². The Morgan fingerprint density at radius 3 is 2.58 bits per heavy atom. The van der Waals surface area contributed by atoms with E-state index in [-0.39, 0.29) is 12.2 Å². The van der Waals surface area contributed by atoms with Crippen molar-refractivity contribution in [1.29, 1.82) is 0 Å². The molecule has 1 aromatic heterocycles. The summed E-state index contributed by atoms with van der Waals surface area (Å²) in [5.74, 6) is 0.854. The number of ether oxygens (including phenoxy) is 2. The Kier molecular flexibility index (Phi) is 7.34. The van der Waals surface area contributed by atoms with Gasteiger partial charge in [0.1, 0.15) is 17.5 Å². The van der Waals surface area contributed by atoms with E-state index < -0.39 is 5.60 Å². The lowest BCUT2D eigenvalue weighted by molar-refractivity contribution is 0.0126. The molecular weight excluding hydrogens is 454 g/mol. The zero-order valence-electron chi connectivity index (χ0n) is 19.6. The number of thioether (sulfide) groups is 1. The van der Waals surface area contributed by atoms with Gasteiger partial charge in [-0.15, -0.1) is 11.3 Å². The molecule has 3 aromatic rings. The van der Waals surface area contributed by atoms with Crippen LogP contribution in [0.5, 0.6) is 5.75 Å². The van der Waals surface area contributed by atoms with Crippen LogP contribution in [-0.2, 0) is 11.3 Å². The number of anilines is 1. The van der Waals surface area contributed by atoms with Gasteiger partial charge in [0.25, 0.3) is 0 Å². The first-order chi connectivity index (χ1) is 15.8. The summed E-state index contributed by atoms with van der Waals surface area (Å²) in [6, 6.07) is 14.5. The van der Waals surface area contributed by atoms with Crippen LogP contribution in [-0.4, -0.2) is 47.0 Å². The number of carbonyl (C=O) groups is 1. The predicted molar refractivity (Wildman–Crippen MR) is 137 cm³/mol. The molecule has 0 atom stereocenters. The van der Waals surface area contributed by atoms with Gasteiger partial charge in [0.05, 0.1) is 10.2 Å². The molecule has 0 bridgehead atoms. The third kappa shape index (κ3) is 6.54. The summed E-state index contributed by atoms with van der Waals surface area (Å²) in [6.45, 7) is 7.73. The van der Waals surface area contributed by atoms with Gasteiger partial charge < -0.3 is 19.7 Å². The highest BCUT2D eigenvalue weighted by molar-refractivity contribution is 8.00. The van der Waals surface area contributed by atoms with E-state index in [1.807, 2.05) is 45.0 Å². The predicted octanol–water partition coefficient (Wildman–Crippen LogP) is 6.41. The zero-order valence-corrected chi connectivity index (χ0v) is 21.2. The van der Waals surface area contributed by atoms with Crippen molar-refractivity contribution in [3.8, 4) is 5.75 Å². The largest absolute Gasteiger partial charge is 0.490 e. The van der Waals surface area contributed by atoms with Crippen molar-refractivity contribution in [2.45, 2.75) is 56.2 Å². The monoisotopic (exact) mass is 485 g/mol. The second-order valence-electron chi connectivity index (χ2n) is 9.15. The Morgan fingerprint density at radius 1 is 1.18 bits per heavy atom. The zero-order chi connectivity index (χ0) is 23.4. The number of hydrogen-bond donors (Lipinski definition) is 1. The maximum absolute atomic E-state index is 12.2. The van der Waals surface area contributed by atoms with Gasteiger partial charge in [-0.25, -0.2) is 9.78 Å². The molecule has 33 heavy (non-hydrogen) atoms. The Bertz CT molecular complexity index is 1080. The summed E-state index contributed by atoms with van der Waals surface area (Å²) in [7, 11) is 0. The van der Waals surface area contributed by atoms with Crippen LogP contribution < -0.4 is 10.1 Å². The van der Waals surface area contributed by atoms with Gasteiger partial charge >= 0.3 is 6.09 Å². The molecule has 0 saturated carbocycles. The lowest BCUT2D eigenvalue weighted by Gasteiger charge is -2.33. The van der Waals surface area contributed by atoms with E-state index in [1.165, 1.54) is 10.3 Å². The Balaban J connectivity index is 1.25. The molecule has 1 fully saturated rings. The van der Waals surface area contributed by atoms with Crippen LogP contribution in [0.2, 0.25) is 0 Å². The first-order valence-corrected chi connectivity index (χ1v) is 13.3. The molecule has 1 aliphatic heterocycles. The maximum atomic E-state index is 12.2. The summed E-state index contributed by atoms with van der Waals surface area (Å²) in [5, 5.41) is 3.48. The standard InChI is InChI=1S/C25H31N3O3S2/c1-25(2,3)31-24(29)28-13-11-20(12-14-28)30-19-8-6-18(7-9-19)26-16-17-5-10-21-22(15-17)33-23(27-21)32-4/h5-10,15,20,26H,11-14,16H2,1-4H3. The average molecular weight is 486 g/mol. The van der Waals surface area contributed by atoms with Crippen LogP contribution in [0.4, 0.5) is 10.5 Å². The molecule has 176 valence electrons. The van der Waals surface area contributed by atoms with Gasteiger partial charge in [-0.05, 0) is 69.0 Å². The normalized spacial score (nSPS) is 15.0. The van der Waals surface area contributed by atoms with Gasteiger partial charge in [-0.2, -0.15) is 0 Å². The number of aromatic nitrogens is 1. The maximum Gasteiger partial charge on any atom is 0.410 e. The van der Waals surface area contributed by atoms with E-state index in [1.54, 1.807) is 28.0 Å². The number of piperidine rings is 1. The SMILES string of the molecule is CSc1nc2ccc(CNc3ccc(OC4CCN(C(=O)OC(C)(C)C)CC4)cc3)cc2s1. The van der Waals surface area contributed by atoms with E-state index in [0.717, 1.165) is 40.7 Å². The first-order valence-electron chi connectivity index (χ1n) is 11.2. The fraction of sp³-hybridized carbons (Fsp3) is 0.440. The van der Waals surface area contributed by atoms with Crippen molar-refractivity contribution in [2.24, 2.45) is 0 Å². The molecule has 2 heterocycles. The lowest BCUT2D eigenvalue weighted by Crippen LogP contribution is -2.44. The second-order valence-corrected chi connectivity index (χ2v) is 11.2. The molecule has 4 rings (SSSR count). The van der Waals surface area contributed by atoms with Crippen molar-refractivity contribution in [2.75, 3.05) is 24.7 Å². The lowest BCUT2D eigenvalue weighted by atomic mass is 10.1. The molecular formula is C25H31N3O3S2. The minimum absolute atomic E-state index is 0.111. The van der Waals surface area contributed by atoms with Gasteiger partial charge in [-0.1, -0.05) is 17.8 Å². The molecule has 8 heteroatoms. The summed E-state index contributed by atoms with van der Waals surface area (Å²) < 4.78 is 13.9. The quantitative estimate of drug-likeness (QED) is 0.407. The van der Waals surface area contributed by atoms with Gasteiger partial charge in [0, 0.05) is 38.2 Å². The minimum Gasteiger partial charge on any atom is -0.490 e. The number of carbonyl (C=O) groups excluding carboxylic acids is 1. The van der Waals surface area contributed by atoms with E-state index in [9.17, 15) is 4.79 Å². The number of nitrogens with zero attached hydrogens (tertiary/aromatic N) is 2. The third-order valence-electron chi connectivity index (χ3n) is 5.36. The second kappa shape index (κ2) is 10.2. The number of hydrogen-bond acceptors (Lipinski definition) is 7. The summed E-state index contributed by atoms with van der Waals surface area (Å²) in [5.41, 5.74) is 2.88. The van der Waals surface area contributed by atoms with E-state index in [0.29, 0.717) is 13.1 Å². The summed E-state index contributed by atoms with van der Waals surface area (Å²) >= 11 is 3.42.